The summed E-state index contributed by atoms with van der Waals surface area (Å²) in [6, 6.07) is 0. The molecule has 1 aromatic heterocycles. The van der Waals surface area contributed by atoms with Gasteiger partial charge >= 0.3 is 0 Å². The van der Waals surface area contributed by atoms with Crippen molar-refractivity contribution in [3.63, 3.8) is 0 Å². The van der Waals surface area contributed by atoms with Crippen LogP contribution in [-0.4, -0.2) is 10.9 Å². The van der Waals surface area contributed by atoms with Gasteiger partial charge in [-0.15, -0.1) is 0 Å². The van der Waals surface area contributed by atoms with Gasteiger partial charge in [-0.2, -0.15) is 0 Å². The second-order valence-electron chi connectivity index (χ2n) is 4.97. The number of carbonyl (C=O) groups is 1. The summed E-state index contributed by atoms with van der Waals surface area (Å²) in [6.07, 6.45) is 10.4. The van der Waals surface area contributed by atoms with Crippen molar-refractivity contribution in [2.75, 3.05) is 0 Å². The van der Waals surface area contributed by atoms with Crippen molar-refractivity contribution in [2.45, 2.75) is 64.2 Å². The molecule has 0 saturated heterocycles. The molecule has 17 heavy (non-hydrogen) atoms. The van der Waals surface area contributed by atoms with Crippen molar-refractivity contribution in [3.05, 3.63) is 17.5 Å². The zero-order chi connectivity index (χ0) is 12.1. The van der Waals surface area contributed by atoms with Crippen molar-refractivity contribution in [1.29, 1.82) is 0 Å². The Balaban J connectivity index is 1.76. The number of rotatable bonds is 8. The van der Waals surface area contributed by atoms with Crippen LogP contribution in [0.25, 0.3) is 0 Å². The number of Topliss-reactive ketones (excluding diaryl/α,β-unsaturated/α-hetero) is 1. The second kappa shape index (κ2) is 5.99. The van der Waals surface area contributed by atoms with Crippen molar-refractivity contribution in [2.24, 2.45) is 0 Å². The van der Waals surface area contributed by atoms with Crippen LogP contribution in [0.3, 0.4) is 0 Å². The number of ketones is 1. The summed E-state index contributed by atoms with van der Waals surface area (Å²) in [7, 11) is 0. The molecule has 1 aliphatic carbocycles. The Morgan fingerprint density at radius 2 is 2.12 bits per heavy atom. The minimum atomic E-state index is 0.213. The Kier molecular flexibility index (Phi) is 4.35. The van der Waals surface area contributed by atoms with Crippen LogP contribution >= 0.6 is 0 Å². The quantitative estimate of drug-likeness (QED) is 0.503. The van der Waals surface area contributed by atoms with Gasteiger partial charge in [0, 0.05) is 12.3 Å². The molecule has 0 aliphatic heterocycles. The maximum atomic E-state index is 12.0. The molecule has 0 amide bonds. The van der Waals surface area contributed by atoms with Gasteiger partial charge in [-0.1, -0.05) is 37.8 Å². The number of unbranched alkanes of at least 4 members (excludes halogenated alkanes) is 4. The SMILES string of the molecule is CCCCCCCC(=O)c1cnoc1C1CC1. The topological polar surface area (TPSA) is 43.1 Å². The molecule has 0 aromatic carbocycles. The first kappa shape index (κ1) is 12.3. The molecule has 0 N–H and O–H groups in total. The van der Waals surface area contributed by atoms with Gasteiger partial charge in [0.1, 0.15) is 0 Å². The van der Waals surface area contributed by atoms with Crippen LogP contribution in [-0.2, 0) is 0 Å². The lowest BCUT2D eigenvalue weighted by Gasteiger charge is -2.00. The van der Waals surface area contributed by atoms with E-state index in [2.05, 4.69) is 12.1 Å². The van der Waals surface area contributed by atoms with Crippen molar-refractivity contribution >= 4 is 5.78 Å². The number of hydrogen-bond acceptors (Lipinski definition) is 3. The maximum Gasteiger partial charge on any atom is 0.168 e. The Bertz CT molecular complexity index is 366. The minimum Gasteiger partial charge on any atom is -0.360 e. The highest BCUT2D eigenvalue weighted by atomic mass is 16.5. The average molecular weight is 235 g/mol. The van der Waals surface area contributed by atoms with E-state index in [1.54, 1.807) is 6.20 Å². The first-order valence-corrected chi connectivity index (χ1v) is 6.80. The summed E-state index contributed by atoms with van der Waals surface area (Å²) >= 11 is 0. The van der Waals surface area contributed by atoms with Crippen LogP contribution in [0.4, 0.5) is 0 Å². The van der Waals surface area contributed by atoms with Gasteiger partial charge in [-0.05, 0) is 19.3 Å². The van der Waals surface area contributed by atoms with Gasteiger partial charge in [-0.3, -0.25) is 4.79 Å². The number of aromatic nitrogens is 1. The molecule has 2 rings (SSSR count). The first-order valence-electron chi connectivity index (χ1n) is 6.80. The van der Waals surface area contributed by atoms with Crippen molar-refractivity contribution in [3.8, 4) is 0 Å². The number of carbonyl (C=O) groups excluding carboxylic acids is 1. The Labute approximate surface area is 103 Å². The van der Waals surface area contributed by atoms with E-state index >= 15 is 0 Å². The monoisotopic (exact) mass is 235 g/mol. The van der Waals surface area contributed by atoms with Gasteiger partial charge in [0.05, 0.1) is 11.8 Å². The lowest BCUT2D eigenvalue weighted by Crippen LogP contribution is -2.00. The standard InChI is InChI=1S/C14H21NO2/c1-2-3-4-5-6-7-13(16)12-10-15-17-14(12)11-8-9-11/h10-11H,2-9H2,1H3. The largest absolute Gasteiger partial charge is 0.360 e. The summed E-state index contributed by atoms with van der Waals surface area (Å²) in [5, 5.41) is 3.77. The molecule has 1 saturated carbocycles. The van der Waals surface area contributed by atoms with E-state index in [1.807, 2.05) is 0 Å². The van der Waals surface area contributed by atoms with E-state index in [-0.39, 0.29) is 5.78 Å². The molecular weight excluding hydrogens is 214 g/mol. The van der Waals surface area contributed by atoms with Gasteiger partial charge in [-0.25, -0.2) is 0 Å². The third-order valence-electron chi connectivity index (χ3n) is 3.35. The van der Waals surface area contributed by atoms with Crippen LogP contribution in [0, 0.1) is 0 Å². The van der Waals surface area contributed by atoms with Crippen LogP contribution < -0.4 is 0 Å². The summed E-state index contributed by atoms with van der Waals surface area (Å²) in [4.78, 5) is 12.0. The number of nitrogens with zero attached hydrogens (tertiary/aromatic N) is 1. The fourth-order valence-electron chi connectivity index (χ4n) is 2.12. The summed E-state index contributed by atoms with van der Waals surface area (Å²) in [5.41, 5.74) is 0.739. The predicted molar refractivity (Wildman–Crippen MR) is 66.2 cm³/mol. The zero-order valence-electron chi connectivity index (χ0n) is 10.6. The van der Waals surface area contributed by atoms with Crippen LogP contribution in [0.2, 0.25) is 0 Å². The maximum absolute atomic E-state index is 12.0. The summed E-state index contributed by atoms with van der Waals surface area (Å²) < 4.78 is 5.18. The highest BCUT2D eigenvalue weighted by molar-refractivity contribution is 5.96. The van der Waals surface area contributed by atoms with Crippen LogP contribution in [0.15, 0.2) is 10.7 Å². The molecule has 1 aromatic rings. The highest BCUT2D eigenvalue weighted by Gasteiger charge is 2.31. The van der Waals surface area contributed by atoms with E-state index < -0.39 is 0 Å². The van der Waals surface area contributed by atoms with E-state index in [4.69, 9.17) is 4.52 Å². The molecule has 0 spiro atoms. The zero-order valence-corrected chi connectivity index (χ0v) is 10.6. The molecule has 3 nitrogen and oxygen atoms in total. The lowest BCUT2D eigenvalue weighted by atomic mass is 10.0. The molecular formula is C14H21NO2. The van der Waals surface area contributed by atoms with E-state index in [0.717, 1.165) is 37.0 Å². The fraction of sp³-hybridized carbons (Fsp3) is 0.714. The van der Waals surface area contributed by atoms with E-state index in [1.165, 1.54) is 19.3 Å². The third kappa shape index (κ3) is 3.42. The molecule has 0 atom stereocenters. The van der Waals surface area contributed by atoms with Crippen LogP contribution in [0.5, 0.6) is 0 Å². The van der Waals surface area contributed by atoms with Crippen molar-refractivity contribution < 1.29 is 9.32 Å². The molecule has 3 heteroatoms. The molecule has 94 valence electrons. The Hall–Kier alpha value is -1.12. The van der Waals surface area contributed by atoms with Crippen molar-refractivity contribution in [1.82, 2.24) is 5.16 Å². The predicted octanol–water partition coefficient (Wildman–Crippen LogP) is 4.10. The molecule has 1 aliphatic rings. The minimum absolute atomic E-state index is 0.213. The highest BCUT2D eigenvalue weighted by Crippen LogP contribution is 2.41. The van der Waals surface area contributed by atoms with Crippen LogP contribution in [0.1, 0.15) is 80.3 Å². The summed E-state index contributed by atoms with van der Waals surface area (Å²) in [6.45, 7) is 2.20. The average Bonchev–Trinajstić information content (AvgIpc) is 3.06. The molecule has 0 unspecified atom stereocenters. The number of hydrogen-bond donors (Lipinski definition) is 0. The molecule has 0 radical (unpaired) electrons. The molecule has 0 bridgehead atoms. The molecule has 1 fully saturated rings. The molecule has 1 heterocycles. The smallest absolute Gasteiger partial charge is 0.168 e. The Morgan fingerprint density at radius 1 is 1.35 bits per heavy atom. The second-order valence-corrected chi connectivity index (χ2v) is 4.97. The first-order chi connectivity index (χ1) is 8.33. The lowest BCUT2D eigenvalue weighted by molar-refractivity contribution is 0.0977. The van der Waals surface area contributed by atoms with Gasteiger partial charge in [0.15, 0.2) is 11.5 Å². The Morgan fingerprint density at radius 3 is 2.82 bits per heavy atom. The van der Waals surface area contributed by atoms with E-state index in [0.29, 0.717) is 12.3 Å². The fourth-order valence-corrected chi connectivity index (χ4v) is 2.12. The third-order valence-corrected chi connectivity index (χ3v) is 3.35. The van der Waals surface area contributed by atoms with Gasteiger partial charge in [0.25, 0.3) is 0 Å². The van der Waals surface area contributed by atoms with E-state index in [9.17, 15) is 4.79 Å². The van der Waals surface area contributed by atoms with Gasteiger partial charge in [0.2, 0.25) is 0 Å². The normalized spacial score (nSPS) is 15.1. The van der Waals surface area contributed by atoms with Gasteiger partial charge < -0.3 is 4.52 Å². The summed E-state index contributed by atoms with van der Waals surface area (Å²) in [5.74, 6) is 1.52.